The summed E-state index contributed by atoms with van der Waals surface area (Å²) >= 11 is 0. The van der Waals surface area contributed by atoms with Crippen LogP contribution in [0.15, 0.2) is 0 Å². The molecule has 8 aliphatic carbocycles. The minimum Gasteiger partial charge on any atom is -0.460 e. The molecule has 9 aliphatic rings. The predicted octanol–water partition coefficient (Wildman–Crippen LogP) is 10.6. The van der Waals surface area contributed by atoms with Gasteiger partial charge in [-0.15, -0.1) is 0 Å². The minimum absolute atomic E-state index is 0. The van der Waals surface area contributed by atoms with Crippen LogP contribution in [-0.2, 0) is 47.7 Å². The summed E-state index contributed by atoms with van der Waals surface area (Å²) in [5.74, 6) is -1.98. The van der Waals surface area contributed by atoms with Crippen LogP contribution in [0.2, 0.25) is 0 Å². The maximum Gasteiger partial charge on any atom is 0.312 e. The van der Waals surface area contributed by atoms with Crippen LogP contribution in [-0.4, -0.2) is 79.8 Å². The number of carbonyl (C=O) groups is 5. The van der Waals surface area contributed by atoms with Crippen LogP contribution in [0.1, 0.15) is 217 Å². The van der Waals surface area contributed by atoms with Gasteiger partial charge in [-0.1, -0.05) is 51.5 Å². The summed E-state index contributed by atoms with van der Waals surface area (Å²) < 4.78 is 30.5. The van der Waals surface area contributed by atoms with Gasteiger partial charge in [0, 0.05) is 19.3 Å². The first-order valence-corrected chi connectivity index (χ1v) is 21.5. The van der Waals surface area contributed by atoms with E-state index in [9.17, 15) is 34.2 Å². The van der Waals surface area contributed by atoms with Crippen LogP contribution in [0.5, 0.6) is 0 Å². The lowest BCUT2D eigenvalue weighted by atomic mass is 9.46. The van der Waals surface area contributed by atoms with E-state index in [1.165, 1.54) is 0 Å². The SMILES string of the molecule is C.C.C.C.C.C.CCC(C)(CC(C)(CC(C)(C)C(=O)OC1CC(=O)OC1(C)C)C(=O)OC12CC3CC(CC(O)(C3)C1)C2)C(=O)OC12CC3CC(O)(C1)CC(C(=O)OC(C)(C)C)(C3)C2. The van der Waals surface area contributed by atoms with E-state index in [0.29, 0.717) is 57.8 Å². The summed E-state index contributed by atoms with van der Waals surface area (Å²) in [5, 5.41) is 23.4. The van der Waals surface area contributed by atoms with Gasteiger partial charge in [-0.3, -0.25) is 24.0 Å². The summed E-state index contributed by atoms with van der Waals surface area (Å²) in [6.45, 7) is 17.7. The van der Waals surface area contributed by atoms with Gasteiger partial charge in [-0.2, -0.15) is 0 Å². The molecule has 368 valence electrons. The fourth-order valence-electron chi connectivity index (χ4n) is 13.6. The van der Waals surface area contributed by atoms with Gasteiger partial charge in [0.2, 0.25) is 0 Å². The lowest BCUT2D eigenvalue weighted by molar-refractivity contribution is -0.254. The number of hydrogen-bond donors (Lipinski definition) is 2. The van der Waals surface area contributed by atoms with Gasteiger partial charge < -0.3 is 33.9 Å². The van der Waals surface area contributed by atoms with E-state index >= 15 is 0 Å². The Labute approximate surface area is 382 Å². The highest BCUT2D eigenvalue weighted by atomic mass is 16.6. The molecule has 0 aromatic carbocycles. The van der Waals surface area contributed by atoms with Crippen LogP contribution >= 0.6 is 0 Å². The van der Waals surface area contributed by atoms with Gasteiger partial charge >= 0.3 is 29.8 Å². The summed E-state index contributed by atoms with van der Waals surface area (Å²) in [6, 6.07) is 0. The normalized spacial score (nSPS) is 36.9. The fourth-order valence-corrected chi connectivity index (χ4v) is 13.6. The Morgan fingerprint density at radius 2 is 1.16 bits per heavy atom. The van der Waals surface area contributed by atoms with Crippen molar-refractivity contribution >= 4 is 29.8 Å². The van der Waals surface area contributed by atoms with Crippen LogP contribution in [0, 0.1) is 39.4 Å². The van der Waals surface area contributed by atoms with Gasteiger partial charge in [0.05, 0.1) is 39.3 Å². The molecular formula is C51H92O12. The predicted molar refractivity (Wildman–Crippen MR) is 246 cm³/mol. The zero-order valence-corrected chi connectivity index (χ0v) is 36.1. The zero-order valence-electron chi connectivity index (χ0n) is 36.1. The second kappa shape index (κ2) is 18.2. The molecule has 8 bridgehead atoms. The monoisotopic (exact) mass is 897 g/mol. The van der Waals surface area contributed by atoms with E-state index in [-0.39, 0.29) is 107 Å². The summed E-state index contributed by atoms with van der Waals surface area (Å²) in [6.07, 6.45) is 5.86. The van der Waals surface area contributed by atoms with E-state index in [1.807, 2.05) is 27.7 Å². The zero-order chi connectivity index (χ0) is 42.0. The second-order valence-electron chi connectivity index (χ2n) is 23.2. The molecule has 0 spiro atoms. The van der Waals surface area contributed by atoms with Crippen molar-refractivity contribution < 1.29 is 57.9 Å². The summed E-state index contributed by atoms with van der Waals surface area (Å²) in [5.41, 5.74) is -10.6. The lowest BCUT2D eigenvalue weighted by Crippen LogP contribution is -2.67. The van der Waals surface area contributed by atoms with E-state index in [4.69, 9.17) is 23.7 Å². The van der Waals surface area contributed by atoms with Crippen LogP contribution < -0.4 is 0 Å². The Balaban J connectivity index is 0.00000331. The largest absolute Gasteiger partial charge is 0.460 e. The summed E-state index contributed by atoms with van der Waals surface area (Å²) in [7, 11) is 0. The Bertz CT molecular complexity index is 1700. The molecule has 9 unspecified atom stereocenters. The number of ether oxygens (including phenoxy) is 5. The van der Waals surface area contributed by atoms with Gasteiger partial charge in [0.1, 0.15) is 22.4 Å². The van der Waals surface area contributed by atoms with Crippen molar-refractivity contribution in [3.63, 3.8) is 0 Å². The van der Waals surface area contributed by atoms with Crippen molar-refractivity contribution in [2.24, 2.45) is 39.4 Å². The van der Waals surface area contributed by atoms with E-state index < -0.39 is 85.2 Å². The number of cyclic esters (lactones) is 1. The van der Waals surface area contributed by atoms with E-state index in [1.54, 1.807) is 41.5 Å². The second-order valence-corrected chi connectivity index (χ2v) is 23.2. The molecule has 0 aromatic rings. The van der Waals surface area contributed by atoms with E-state index in [2.05, 4.69) is 0 Å². The van der Waals surface area contributed by atoms with Crippen molar-refractivity contribution in [3.05, 3.63) is 0 Å². The quantitative estimate of drug-likeness (QED) is 0.140. The standard InChI is InChI=1S/C45H68O12.6CH4/c1-11-39(9,33(48)57-45-20-29-14-41(24-45,23-43(52,17-29)26-45)35(50)55-36(2,3)4)22-40(10,21-37(5,6)32(47)53-30-13-31(46)54-38(30,7)8)34(49)56-44-18-27-12-28(19-44)16-42(51,15-27)25-44;;;;;;/h27-30,51-52H,11-26H2,1-10H3;6*1H4. The molecule has 12 heteroatoms. The number of rotatable bonds is 12. The first-order valence-electron chi connectivity index (χ1n) is 21.5. The third kappa shape index (κ3) is 10.9. The fraction of sp³-hybridized carbons (Fsp3) is 0.902. The third-order valence-corrected chi connectivity index (χ3v) is 15.1. The molecular weight excluding hydrogens is 805 g/mol. The molecule has 0 aromatic heterocycles. The minimum atomic E-state index is -1.41. The Hall–Kier alpha value is -2.73. The molecule has 1 saturated heterocycles. The average Bonchev–Trinajstić information content (AvgIpc) is 3.26. The van der Waals surface area contributed by atoms with Crippen LogP contribution in [0.3, 0.4) is 0 Å². The molecule has 0 radical (unpaired) electrons. The van der Waals surface area contributed by atoms with Gasteiger partial charge in [0.25, 0.3) is 0 Å². The van der Waals surface area contributed by atoms with Crippen molar-refractivity contribution in [2.75, 3.05) is 0 Å². The maximum absolute atomic E-state index is 15.0. The Morgan fingerprint density at radius 3 is 1.65 bits per heavy atom. The third-order valence-electron chi connectivity index (χ3n) is 15.1. The van der Waals surface area contributed by atoms with Crippen LogP contribution in [0.4, 0.5) is 0 Å². The molecule has 8 saturated carbocycles. The molecule has 9 rings (SSSR count). The average molecular weight is 897 g/mol. The van der Waals surface area contributed by atoms with Crippen LogP contribution in [0.25, 0.3) is 0 Å². The molecule has 1 heterocycles. The Morgan fingerprint density at radius 1 is 0.651 bits per heavy atom. The van der Waals surface area contributed by atoms with Crippen molar-refractivity contribution in [2.45, 2.75) is 256 Å². The molecule has 9 fully saturated rings. The van der Waals surface area contributed by atoms with Gasteiger partial charge in [0.15, 0.2) is 6.10 Å². The number of hydrogen-bond acceptors (Lipinski definition) is 12. The molecule has 0 amide bonds. The number of esters is 5. The highest BCUT2D eigenvalue weighted by Crippen LogP contribution is 2.65. The highest BCUT2D eigenvalue weighted by Gasteiger charge is 2.69. The topological polar surface area (TPSA) is 172 Å². The number of aliphatic hydroxyl groups is 2. The molecule has 63 heavy (non-hydrogen) atoms. The molecule has 1 aliphatic heterocycles. The molecule has 2 N–H and O–H groups in total. The smallest absolute Gasteiger partial charge is 0.312 e. The Kier molecular flexibility index (Phi) is 16.8. The van der Waals surface area contributed by atoms with E-state index in [0.717, 1.165) is 6.42 Å². The van der Waals surface area contributed by atoms with Gasteiger partial charge in [-0.05, 0) is 157 Å². The lowest BCUT2D eigenvalue weighted by Gasteiger charge is -2.63. The number of carbonyl (C=O) groups excluding carboxylic acids is 5. The van der Waals surface area contributed by atoms with Crippen molar-refractivity contribution in [1.82, 2.24) is 0 Å². The summed E-state index contributed by atoms with van der Waals surface area (Å²) in [4.78, 5) is 69.8. The van der Waals surface area contributed by atoms with Crippen molar-refractivity contribution in [1.29, 1.82) is 0 Å². The van der Waals surface area contributed by atoms with Crippen molar-refractivity contribution in [3.8, 4) is 0 Å². The molecule has 9 atom stereocenters. The van der Waals surface area contributed by atoms with Gasteiger partial charge in [-0.25, -0.2) is 0 Å². The highest BCUT2D eigenvalue weighted by molar-refractivity contribution is 5.84. The maximum atomic E-state index is 15.0. The molecule has 12 nitrogen and oxygen atoms in total. The first-order chi connectivity index (χ1) is 26.0. The first kappa shape index (κ1) is 58.3.